The van der Waals surface area contributed by atoms with Gasteiger partial charge in [-0.25, -0.2) is 14.4 Å². The van der Waals surface area contributed by atoms with Gasteiger partial charge in [0, 0.05) is 28.8 Å². The summed E-state index contributed by atoms with van der Waals surface area (Å²) in [5.74, 6) is 2.28. The second kappa shape index (κ2) is 10.9. The topological polar surface area (TPSA) is 85.4 Å². The molecule has 41 heavy (non-hydrogen) atoms. The van der Waals surface area contributed by atoms with Gasteiger partial charge < -0.3 is 18.8 Å². The molecule has 210 valence electrons. The first-order chi connectivity index (χ1) is 20.1. The van der Waals surface area contributed by atoms with Crippen LogP contribution in [0.1, 0.15) is 53.9 Å². The van der Waals surface area contributed by atoms with Crippen LogP contribution in [0, 0.1) is 17.1 Å². The van der Waals surface area contributed by atoms with Gasteiger partial charge in [0.2, 0.25) is 0 Å². The largest absolute Gasteiger partial charge is 0.485 e. The van der Waals surface area contributed by atoms with E-state index in [1.54, 1.807) is 24.4 Å². The molecule has 0 N–H and O–H groups in total. The summed E-state index contributed by atoms with van der Waals surface area (Å²) in [5.41, 5.74) is 3.64. The van der Waals surface area contributed by atoms with Crippen LogP contribution in [0.2, 0.25) is 5.02 Å². The second-order valence-corrected chi connectivity index (χ2v) is 11.3. The van der Waals surface area contributed by atoms with Gasteiger partial charge in [-0.05, 0) is 56.5 Å². The molecule has 0 amide bonds. The number of halogens is 2. The smallest absolute Gasteiger partial charge is 0.165 e. The maximum absolute atomic E-state index is 14.7. The normalized spacial score (nSPS) is 21.0. The van der Waals surface area contributed by atoms with E-state index in [-0.39, 0.29) is 12.7 Å². The summed E-state index contributed by atoms with van der Waals surface area (Å²) in [4.78, 5) is 11.6. The van der Waals surface area contributed by atoms with Crippen molar-refractivity contribution in [3.8, 4) is 17.6 Å². The molecule has 0 bridgehead atoms. The van der Waals surface area contributed by atoms with Crippen LogP contribution in [-0.2, 0) is 17.8 Å². The van der Waals surface area contributed by atoms with E-state index in [9.17, 15) is 9.65 Å². The third-order valence-corrected chi connectivity index (χ3v) is 8.60. The molecule has 10 heteroatoms. The molecular weight excluding hydrogens is 545 g/mol. The fourth-order valence-electron chi connectivity index (χ4n) is 6.04. The van der Waals surface area contributed by atoms with Gasteiger partial charge in [0.1, 0.15) is 30.0 Å². The fourth-order valence-corrected chi connectivity index (χ4v) is 6.20. The van der Waals surface area contributed by atoms with Gasteiger partial charge in [-0.15, -0.1) is 0 Å². The number of benzene rings is 2. The van der Waals surface area contributed by atoms with E-state index >= 15 is 0 Å². The SMILES string of the molecule is N#Cc1cc2nc(CN3CCC(c4cccc5c4OC(c4ccc(Cl)cc4F)CO5)CC3)n(CC3CCO3)c2cn1. The van der Waals surface area contributed by atoms with Crippen molar-refractivity contribution >= 4 is 22.6 Å². The van der Waals surface area contributed by atoms with E-state index in [0.29, 0.717) is 40.2 Å². The van der Waals surface area contributed by atoms with Crippen LogP contribution in [0.25, 0.3) is 11.0 Å². The zero-order valence-electron chi connectivity index (χ0n) is 22.4. The minimum absolute atomic E-state index is 0.184. The molecule has 3 aliphatic rings. The fraction of sp³-hybridized carbons (Fsp3) is 0.387. The Morgan fingerprint density at radius 2 is 1.95 bits per heavy atom. The number of likely N-dealkylation sites (tertiary alicyclic amines) is 1. The lowest BCUT2D eigenvalue weighted by molar-refractivity contribution is -0.0592. The van der Waals surface area contributed by atoms with Crippen LogP contribution in [0.4, 0.5) is 4.39 Å². The highest BCUT2D eigenvalue weighted by Gasteiger charge is 2.31. The highest BCUT2D eigenvalue weighted by atomic mass is 35.5. The van der Waals surface area contributed by atoms with E-state index in [2.05, 4.69) is 26.6 Å². The Bertz CT molecular complexity index is 1640. The van der Waals surface area contributed by atoms with Gasteiger partial charge in [0.15, 0.2) is 17.6 Å². The molecule has 3 aliphatic heterocycles. The first kappa shape index (κ1) is 26.2. The number of para-hydroxylation sites is 1. The highest BCUT2D eigenvalue weighted by molar-refractivity contribution is 6.30. The van der Waals surface area contributed by atoms with Crippen LogP contribution < -0.4 is 9.47 Å². The van der Waals surface area contributed by atoms with E-state index < -0.39 is 11.9 Å². The van der Waals surface area contributed by atoms with Crippen LogP contribution in [-0.4, -0.2) is 51.8 Å². The lowest BCUT2D eigenvalue weighted by Crippen LogP contribution is -2.35. The third kappa shape index (κ3) is 5.12. The maximum atomic E-state index is 14.7. The molecule has 0 radical (unpaired) electrons. The summed E-state index contributed by atoms with van der Waals surface area (Å²) >= 11 is 5.96. The lowest BCUT2D eigenvalue weighted by atomic mass is 9.88. The second-order valence-electron chi connectivity index (χ2n) is 10.9. The average Bonchev–Trinajstić information content (AvgIpc) is 3.30. The molecule has 2 saturated heterocycles. The maximum Gasteiger partial charge on any atom is 0.165 e. The van der Waals surface area contributed by atoms with E-state index in [0.717, 1.165) is 67.9 Å². The molecule has 2 fully saturated rings. The molecule has 0 aliphatic carbocycles. The Hall–Kier alpha value is -3.71. The molecule has 8 nitrogen and oxygen atoms in total. The molecule has 2 aromatic heterocycles. The van der Waals surface area contributed by atoms with Gasteiger partial charge >= 0.3 is 0 Å². The third-order valence-electron chi connectivity index (χ3n) is 8.37. The van der Waals surface area contributed by atoms with Crippen LogP contribution in [0.5, 0.6) is 11.5 Å². The molecule has 0 spiro atoms. The Labute approximate surface area is 242 Å². The van der Waals surface area contributed by atoms with Crippen molar-refractivity contribution < 1.29 is 18.6 Å². The Kier molecular flexibility index (Phi) is 6.99. The molecule has 2 unspecified atom stereocenters. The number of nitriles is 1. The molecule has 7 rings (SSSR count). The van der Waals surface area contributed by atoms with Gasteiger partial charge in [-0.2, -0.15) is 5.26 Å². The van der Waals surface area contributed by atoms with Crippen molar-refractivity contribution in [3.05, 3.63) is 82.1 Å². The number of fused-ring (bicyclic) bond motifs is 2. The Balaban J connectivity index is 1.07. The number of rotatable bonds is 6. The highest BCUT2D eigenvalue weighted by Crippen LogP contribution is 2.45. The lowest BCUT2D eigenvalue weighted by Gasteiger charge is -2.35. The van der Waals surface area contributed by atoms with Crippen molar-refractivity contribution in [2.45, 2.75) is 50.5 Å². The predicted octanol–water partition coefficient (Wildman–Crippen LogP) is 5.78. The minimum atomic E-state index is -0.537. The summed E-state index contributed by atoms with van der Waals surface area (Å²) in [6, 6.07) is 14.5. The zero-order chi connectivity index (χ0) is 27.9. The first-order valence-electron chi connectivity index (χ1n) is 14.0. The standard InChI is InChI=1S/C31H29ClFN5O3/c32-20-4-5-24(25(33)12-20)29-18-40-28-3-1-2-23(31(28)41-29)19-6-9-37(10-7-19)17-30-36-26-13-21(14-34)35-15-27(26)38(30)16-22-8-11-39-22/h1-5,12-13,15,19,22,29H,6-11,16-18H2. The van der Waals surface area contributed by atoms with E-state index in [1.807, 2.05) is 12.1 Å². The minimum Gasteiger partial charge on any atom is -0.485 e. The van der Waals surface area contributed by atoms with Crippen molar-refractivity contribution in [2.24, 2.45) is 0 Å². The van der Waals surface area contributed by atoms with Gasteiger partial charge in [-0.3, -0.25) is 4.90 Å². The summed E-state index contributed by atoms with van der Waals surface area (Å²) < 4.78 is 35.0. The Morgan fingerprint density at radius 1 is 1.10 bits per heavy atom. The summed E-state index contributed by atoms with van der Waals surface area (Å²) in [7, 11) is 0. The van der Waals surface area contributed by atoms with Gasteiger partial charge in [0.05, 0.1) is 36.4 Å². The van der Waals surface area contributed by atoms with Gasteiger partial charge in [-0.1, -0.05) is 29.8 Å². The number of pyridine rings is 1. The molecule has 0 saturated carbocycles. The number of nitrogens with zero attached hydrogens (tertiary/aromatic N) is 5. The number of hydrogen-bond acceptors (Lipinski definition) is 7. The van der Waals surface area contributed by atoms with Crippen molar-refractivity contribution in [1.82, 2.24) is 19.4 Å². The number of ether oxygens (including phenoxy) is 3. The number of aromatic nitrogens is 3. The summed E-state index contributed by atoms with van der Waals surface area (Å²) in [6.45, 7) is 4.28. The molecular formula is C31H29ClFN5O3. The van der Waals surface area contributed by atoms with Crippen molar-refractivity contribution in [3.63, 3.8) is 0 Å². The first-order valence-corrected chi connectivity index (χ1v) is 14.4. The molecule has 2 atom stereocenters. The monoisotopic (exact) mass is 573 g/mol. The number of hydrogen-bond donors (Lipinski definition) is 0. The molecule has 5 heterocycles. The zero-order valence-corrected chi connectivity index (χ0v) is 23.2. The molecule has 2 aromatic carbocycles. The van der Waals surface area contributed by atoms with Gasteiger partial charge in [0.25, 0.3) is 0 Å². The van der Waals surface area contributed by atoms with Crippen molar-refractivity contribution in [2.75, 3.05) is 26.3 Å². The molecule has 4 aromatic rings. The quantitative estimate of drug-likeness (QED) is 0.289. The van der Waals surface area contributed by atoms with Crippen LogP contribution >= 0.6 is 11.6 Å². The van der Waals surface area contributed by atoms with Crippen LogP contribution in [0.15, 0.2) is 48.7 Å². The summed E-state index contributed by atoms with van der Waals surface area (Å²) in [5, 5.41) is 9.65. The Morgan fingerprint density at radius 3 is 2.71 bits per heavy atom. The van der Waals surface area contributed by atoms with E-state index in [1.165, 1.54) is 6.07 Å². The van der Waals surface area contributed by atoms with Crippen molar-refractivity contribution in [1.29, 1.82) is 5.26 Å². The number of imidazole rings is 1. The predicted molar refractivity (Wildman–Crippen MR) is 151 cm³/mol. The summed E-state index contributed by atoms with van der Waals surface area (Å²) in [6.07, 6.45) is 4.33. The number of piperidine rings is 1. The van der Waals surface area contributed by atoms with Crippen LogP contribution in [0.3, 0.4) is 0 Å². The average molecular weight is 574 g/mol. The van der Waals surface area contributed by atoms with E-state index in [4.69, 9.17) is 30.8 Å².